The summed E-state index contributed by atoms with van der Waals surface area (Å²) in [7, 11) is -2.15. The number of nitrogens with zero attached hydrogens (tertiary/aromatic N) is 2. The summed E-state index contributed by atoms with van der Waals surface area (Å²) in [5.41, 5.74) is 0. The van der Waals surface area contributed by atoms with E-state index in [4.69, 9.17) is 16.3 Å². The van der Waals surface area contributed by atoms with E-state index in [1.54, 1.807) is 12.3 Å². The lowest BCUT2D eigenvalue weighted by molar-refractivity contribution is 0.414. The van der Waals surface area contributed by atoms with Crippen LogP contribution in [0.3, 0.4) is 0 Å². The highest BCUT2D eigenvalue weighted by Gasteiger charge is 2.28. The Labute approximate surface area is 146 Å². The number of hydrogen-bond acceptors (Lipinski definition) is 5. The highest BCUT2D eigenvalue weighted by molar-refractivity contribution is 7.89. The Morgan fingerprint density at radius 2 is 2.17 bits per heavy atom. The van der Waals surface area contributed by atoms with E-state index in [0.717, 1.165) is 18.8 Å². The van der Waals surface area contributed by atoms with Crippen molar-refractivity contribution in [1.29, 1.82) is 0 Å². The zero-order valence-electron chi connectivity index (χ0n) is 13.1. The summed E-state index contributed by atoms with van der Waals surface area (Å²) in [5.74, 6) is 1.30. The zero-order valence-corrected chi connectivity index (χ0v) is 14.7. The van der Waals surface area contributed by atoms with Crippen LogP contribution < -0.4 is 14.4 Å². The van der Waals surface area contributed by atoms with Gasteiger partial charge in [-0.05, 0) is 36.8 Å². The normalized spacial score (nSPS) is 17.9. The lowest BCUT2D eigenvalue weighted by Crippen LogP contribution is -2.37. The number of aromatic nitrogens is 1. The molecule has 0 aliphatic carbocycles. The third kappa shape index (κ3) is 3.63. The molecule has 2 heterocycles. The van der Waals surface area contributed by atoms with Crippen molar-refractivity contribution in [3.8, 4) is 5.75 Å². The summed E-state index contributed by atoms with van der Waals surface area (Å²) in [6.45, 7) is 1.34. The number of rotatable bonds is 5. The average molecular weight is 368 g/mol. The quantitative estimate of drug-likeness (QED) is 0.878. The second-order valence-electron chi connectivity index (χ2n) is 5.54. The first-order valence-electron chi connectivity index (χ1n) is 7.51. The first-order chi connectivity index (χ1) is 11.5. The van der Waals surface area contributed by atoms with Gasteiger partial charge in [0.2, 0.25) is 10.0 Å². The molecule has 0 amide bonds. The molecule has 24 heavy (non-hydrogen) atoms. The van der Waals surface area contributed by atoms with Gasteiger partial charge in [0.15, 0.2) is 0 Å². The molecule has 0 bridgehead atoms. The SMILES string of the molecule is COc1ccc(S(=O)(=O)NC2CCN(c3ccccn3)C2)cc1Cl. The Morgan fingerprint density at radius 3 is 2.83 bits per heavy atom. The number of methoxy groups -OCH3 is 1. The minimum Gasteiger partial charge on any atom is -0.495 e. The second-order valence-corrected chi connectivity index (χ2v) is 7.66. The molecular weight excluding hydrogens is 350 g/mol. The topological polar surface area (TPSA) is 71.5 Å². The molecule has 0 radical (unpaired) electrons. The second kappa shape index (κ2) is 6.96. The predicted octanol–water partition coefficient (Wildman–Crippen LogP) is 2.30. The Kier molecular flexibility index (Phi) is 4.93. The number of hydrogen-bond donors (Lipinski definition) is 1. The van der Waals surface area contributed by atoms with E-state index in [0.29, 0.717) is 12.3 Å². The fraction of sp³-hybridized carbons (Fsp3) is 0.312. The van der Waals surface area contributed by atoms with Crippen LogP contribution in [0.1, 0.15) is 6.42 Å². The van der Waals surface area contributed by atoms with Gasteiger partial charge < -0.3 is 9.64 Å². The molecule has 1 aromatic heterocycles. The van der Waals surface area contributed by atoms with Crippen molar-refractivity contribution < 1.29 is 13.2 Å². The molecule has 1 aromatic carbocycles. The molecule has 1 unspecified atom stereocenters. The number of anilines is 1. The molecule has 3 rings (SSSR count). The van der Waals surface area contributed by atoms with Crippen molar-refractivity contribution in [2.45, 2.75) is 17.4 Å². The van der Waals surface area contributed by atoms with Crippen molar-refractivity contribution in [2.24, 2.45) is 0 Å². The average Bonchev–Trinajstić information content (AvgIpc) is 3.03. The van der Waals surface area contributed by atoms with Crippen LogP contribution in [0, 0.1) is 0 Å². The van der Waals surface area contributed by atoms with Gasteiger partial charge in [-0.1, -0.05) is 17.7 Å². The first kappa shape index (κ1) is 17.0. The minimum absolute atomic E-state index is 0.129. The van der Waals surface area contributed by atoms with E-state index in [9.17, 15) is 8.42 Å². The Hall–Kier alpha value is -1.83. The standard InChI is InChI=1S/C16H18ClN3O3S/c1-23-15-6-5-13(10-14(15)17)24(21,22)19-12-7-9-20(11-12)16-4-2-3-8-18-16/h2-6,8,10,12,19H,7,9,11H2,1H3. The van der Waals surface area contributed by atoms with E-state index >= 15 is 0 Å². The van der Waals surface area contributed by atoms with Gasteiger partial charge in [-0.15, -0.1) is 0 Å². The molecule has 1 atom stereocenters. The summed E-state index contributed by atoms with van der Waals surface area (Å²) in [6, 6.07) is 9.95. The maximum absolute atomic E-state index is 12.5. The van der Waals surface area contributed by atoms with Crippen molar-refractivity contribution in [2.75, 3.05) is 25.1 Å². The van der Waals surface area contributed by atoms with E-state index < -0.39 is 10.0 Å². The minimum atomic E-state index is -3.63. The number of sulfonamides is 1. The van der Waals surface area contributed by atoms with Crippen molar-refractivity contribution >= 4 is 27.4 Å². The summed E-state index contributed by atoms with van der Waals surface area (Å²) >= 11 is 6.02. The van der Waals surface area contributed by atoms with Gasteiger partial charge in [-0.2, -0.15) is 0 Å². The fourth-order valence-electron chi connectivity index (χ4n) is 2.71. The smallest absolute Gasteiger partial charge is 0.240 e. The lowest BCUT2D eigenvalue weighted by atomic mass is 10.3. The Bertz CT molecular complexity index is 815. The molecule has 2 aromatic rings. The largest absolute Gasteiger partial charge is 0.495 e. The van der Waals surface area contributed by atoms with Crippen molar-refractivity contribution in [3.05, 3.63) is 47.6 Å². The molecule has 1 N–H and O–H groups in total. The third-order valence-electron chi connectivity index (χ3n) is 3.92. The summed E-state index contributed by atoms with van der Waals surface area (Å²) < 4.78 is 32.9. The van der Waals surface area contributed by atoms with E-state index in [2.05, 4.69) is 14.6 Å². The van der Waals surface area contributed by atoms with Crippen molar-refractivity contribution in [3.63, 3.8) is 0 Å². The number of pyridine rings is 1. The van der Waals surface area contributed by atoms with Gasteiger partial charge in [0.1, 0.15) is 11.6 Å². The molecular formula is C16H18ClN3O3S. The van der Waals surface area contributed by atoms with Gasteiger partial charge in [-0.3, -0.25) is 0 Å². The van der Waals surface area contributed by atoms with Crippen LogP contribution in [0.2, 0.25) is 5.02 Å². The molecule has 128 valence electrons. The molecule has 1 saturated heterocycles. The van der Waals surface area contributed by atoms with E-state index in [1.165, 1.54) is 19.2 Å². The molecule has 1 aliphatic heterocycles. The van der Waals surface area contributed by atoms with Gasteiger partial charge in [-0.25, -0.2) is 18.1 Å². The molecule has 1 aliphatic rings. The van der Waals surface area contributed by atoms with Crippen LogP contribution in [-0.4, -0.2) is 39.6 Å². The van der Waals surface area contributed by atoms with Gasteiger partial charge in [0, 0.05) is 25.3 Å². The molecule has 1 fully saturated rings. The zero-order chi connectivity index (χ0) is 17.2. The monoisotopic (exact) mass is 367 g/mol. The Balaban J connectivity index is 1.70. The van der Waals surface area contributed by atoms with E-state index in [1.807, 2.05) is 18.2 Å². The predicted molar refractivity (Wildman–Crippen MR) is 93.2 cm³/mol. The van der Waals surface area contributed by atoms with Crippen LogP contribution in [0.25, 0.3) is 0 Å². The van der Waals surface area contributed by atoms with Crippen molar-refractivity contribution in [1.82, 2.24) is 9.71 Å². The number of ether oxygens (including phenoxy) is 1. The Morgan fingerprint density at radius 1 is 1.33 bits per heavy atom. The van der Waals surface area contributed by atoms with Crippen LogP contribution in [-0.2, 0) is 10.0 Å². The maximum atomic E-state index is 12.5. The first-order valence-corrected chi connectivity index (χ1v) is 9.37. The number of nitrogens with one attached hydrogen (secondary N) is 1. The van der Waals surface area contributed by atoms with Gasteiger partial charge in [0.05, 0.1) is 17.0 Å². The summed E-state index contributed by atoms with van der Waals surface area (Å²) in [4.78, 5) is 6.49. The lowest BCUT2D eigenvalue weighted by Gasteiger charge is -2.18. The van der Waals surface area contributed by atoms with Gasteiger partial charge in [0.25, 0.3) is 0 Å². The molecule has 6 nitrogen and oxygen atoms in total. The maximum Gasteiger partial charge on any atom is 0.240 e. The molecule has 8 heteroatoms. The van der Waals surface area contributed by atoms with Crippen LogP contribution in [0.5, 0.6) is 5.75 Å². The van der Waals surface area contributed by atoms with Gasteiger partial charge >= 0.3 is 0 Å². The number of halogens is 1. The highest BCUT2D eigenvalue weighted by Crippen LogP contribution is 2.27. The highest BCUT2D eigenvalue weighted by atomic mass is 35.5. The fourth-order valence-corrected chi connectivity index (χ4v) is 4.32. The van der Waals surface area contributed by atoms with Crippen LogP contribution in [0.15, 0.2) is 47.5 Å². The summed E-state index contributed by atoms with van der Waals surface area (Å²) in [5, 5.41) is 0.266. The van der Waals surface area contributed by atoms with Crippen LogP contribution in [0.4, 0.5) is 5.82 Å². The third-order valence-corrected chi connectivity index (χ3v) is 5.73. The summed E-state index contributed by atoms with van der Waals surface area (Å²) in [6.07, 6.45) is 2.45. The van der Waals surface area contributed by atoms with Crippen LogP contribution >= 0.6 is 11.6 Å². The molecule has 0 spiro atoms. The molecule has 0 saturated carbocycles. The number of benzene rings is 1. The van der Waals surface area contributed by atoms with E-state index in [-0.39, 0.29) is 16.0 Å².